The van der Waals surface area contributed by atoms with Gasteiger partial charge in [-0.25, -0.2) is 0 Å². The second-order valence-corrected chi connectivity index (χ2v) is 25.0. The second kappa shape index (κ2) is 56.0. The molecule has 0 saturated carbocycles. The van der Waals surface area contributed by atoms with E-state index in [0.717, 1.165) is 44.9 Å². The predicted molar refractivity (Wildman–Crippen MR) is 346 cm³/mol. The zero-order valence-corrected chi connectivity index (χ0v) is 54.1. The highest BCUT2D eigenvalue weighted by molar-refractivity contribution is 5.76. The Morgan fingerprint density at radius 3 is 1.22 bits per heavy atom. The summed E-state index contributed by atoms with van der Waals surface area (Å²) in [4.78, 5) is 13.3. The first-order valence-corrected chi connectivity index (χ1v) is 35.4. The van der Waals surface area contributed by atoms with Gasteiger partial charge in [0.05, 0.1) is 32.0 Å². The largest absolute Gasteiger partial charge is 0.394 e. The SMILES string of the molecule is CCCCCCC/C=C\C/C=C\CCCCCCCCCCCC(=O)NC(COC1OC(CO)C(OC2OC(CO)C(O)C(O)C2O)C(O)C1O)C(O)/C=C/CC/C=C/CCCCCCCCCCCCCCCCCCCCCCCCCC. The normalized spacial score (nSPS) is 23.8. The summed E-state index contributed by atoms with van der Waals surface area (Å²) in [6.45, 7) is 2.81. The summed E-state index contributed by atoms with van der Waals surface area (Å²) >= 11 is 0. The van der Waals surface area contributed by atoms with Gasteiger partial charge >= 0.3 is 0 Å². The zero-order chi connectivity index (χ0) is 61.6. The van der Waals surface area contributed by atoms with Gasteiger partial charge < -0.3 is 65.1 Å². The molecule has 0 aromatic rings. The van der Waals surface area contributed by atoms with E-state index in [9.17, 15) is 45.6 Å². The van der Waals surface area contributed by atoms with Crippen LogP contribution in [-0.4, -0.2) is 140 Å². The fourth-order valence-corrected chi connectivity index (χ4v) is 11.6. The van der Waals surface area contributed by atoms with Crippen molar-refractivity contribution in [3.05, 3.63) is 48.6 Å². The third-order valence-electron chi connectivity index (χ3n) is 17.2. The number of unbranched alkanes of at least 4 members (excludes halogenated alkanes) is 39. The quantitative estimate of drug-likeness (QED) is 0.0204. The van der Waals surface area contributed by atoms with Gasteiger partial charge in [-0.15, -0.1) is 0 Å². The summed E-state index contributed by atoms with van der Waals surface area (Å²) in [7, 11) is 0. The summed E-state index contributed by atoms with van der Waals surface area (Å²) in [6, 6.07) is -0.936. The Hall–Kier alpha value is -2.05. The molecule has 0 aromatic carbocycles. The van der Waals surface area contributed by atoms with E-state index in [0.29, 0.717) is 12.8 Å². The third kappa shape index (κ3) is 40.3. The molecule has 85 heavy (non-hydrogen) atoms. The number of nitrogens with one attached hydrogen (secondary N) is 1. The number of hydrogen-bond donors (Lipinski definition) is 9. The van der Waals surface area contributed by atoms with Crippen LogP contribution in [0.15, 0.2) is 48.6 Å². The van der Waals surface area contributed by atoms with Crippen molar-refractivity contribution >= 4 is 5.91 Å². The van der Waals surface area contributed by atoms with E-state index in [1.165, 1.54) is 225 Å². The lowest BCUT2D eigenvalue weighted by molar-refractivity contribution is -0.359. The summed E-state index contributed by atoms with van der Waals surface area (Å²) < 4.78 is 22.8. The van der Waals surface area contributed by atoms with E-state index in [4.69, 9.17) is 18.9 Å². The standard InChI is InChI=1S/C71H131NO13/c1-3-5-7-9-11-13-15-17-19-21-23-25-26-27-28-29-30-31-32-33-35-36-38-40-42-44-46-48-50-52-54-60(75)59(58-82-70-68(81)66(79)69(62(57-74)84-70)85-71-67(80)65(78)64(77)61(56-73)83-71)72-63(76)55-53-51-49-47-45-43-41-39-37-34-24-22-20-18-16-14-12-10-8-6-4-2/h16,18,22,24,44,46,52,54,59-62,64-71,73-75,77-81H,3-15,17,19-21,23,25-43,45,47-51,53,55-58H2,1-2H3,(H,72,76)/b18-16-,24-22-,46-44+,54-52+. The van der Waals surface area contributed by atoms with E-state index >= 15 is 0 Å². The van der Waals surface area contributed by atoms with Crippen LogP contribution in [0.5, 0.6) is 0 Å². The molecule has 9 N–H and O–H groups in total. The molecule has 0 radical (unpaired) electrons. The van der Waals surface area contributed by atoms with E-state index in [1.807, 2.05) is 6.08 Å². The Bertz CT molecular complexity index is 1610. The van der Waals surface area contributed by atoms with Crippen LogP contribution in [-0.2, 0) is 23.7 Å². The van der Waals surface area contributed by atoms with Gasteiger partial charge in [-0.1, -0.05) is 281 Å². The van der Waals surface area contributed by atoms with Gasteiger partial charge in [0.2, 0.25) is 5.91 Å². The molecule has 0 spiro atoms. The van der Waals surface area contributed by atoms with Gasteiger partial charge in [-0.05, 0) is 64.2 Å². The number of carbonyl (C=O) groups is 1. The smallest absolute Gasteiger partial charge is 0.220 e. The Morgan fingerprint density at radius 1 is 0.424 bits per heavy atom. The zero-order valence-electron chi connectivity index (χ0n) is 54.1. The van der Waals surface area contributed by atoms with Crippen LogP contribution in [0.25, 0.3) is 0 Å². The molecular weight excluding hydrogens is 1070 g/mol. The lowest BCUT2D eigenvalue weighted by atomic mass is 9.97. The Balaban J connectivity index is 1.69. The highest BCUT2D eigenvalue weighted by Crippen LogP contribution is 2.30. The highest BCUT2D eigenvalue weighted by atomic mass is 16.7. The monoisotopic (exact) mass is 1210 g/mol. The minimum Gasteiger partial charge on any atom is -0.394 e. The minimum absolute atomic E-state index is 0.251. The third-order valence-corrected chi connectivity index (χ3v) is 17.2. The summed E-state index contributed by atoms with van der Waals surface area (Å²) in [5.41, 5.74) is 0. The molecule has 2 aliphatic heterocycles. The number of carbonyl (C=O) groups excluding carboxylic acids is 1. The molecule has 2 fully saturated rings. The topological polar surface area (TPSA) is 228 Å². The summed E-state index contributed by atoms with van der Waals surface area (Å²) in [5.74, 6) is -0.251. The van der Waals surface area contributed by atoms with Crippen LogP contribution in [0, 0.1) is 0 Å². The molecule has 2 rings (SSSR count). The van der Waals surface area contributed by atoms with E-state index in [-0.39, 0.29) is 18.9 Å². The lowest BCUT2D eigenvalue weighted by Gasteiger charge is -2.46. The molecule has 14 heteroatoms. The van der Waals surface area contributed by atoms with Crippen LogP contribution < -0.4 is 5.32 Å². The Morgan fingerprint density at radius 2 is 0.788 bits per heavy atom. The van der Waals surface area contributed by atoms with Gasteiger partial charge in [-0.2, -0.15) is 0 Å². The lowest BCUT2D eigenvalue weighted by Crippen LogP contribution is -2.65. The molecule has 0 bridgehead atoms. The Labute approximate surface area is 518 Å². The van der Waals surface area contributed by atoms with Crippen LogP contribution in [0.4, 0.5) is 0 Å². The van der Waals surface area contributed by atoms with Crippen LogP contribution in [0.3, 0.4) is 0 Å². The minimum atomic E-state index is -1.79. The van der Waals surface area contributed by atoms with E-state index < -0.39 is 86.8 Å². The number of rotatable bonds is 58. The van der Waals surface area contributed by atoms with Crippen molar-refractivity contribution in [2.24, 2.45) is 0 Å². The van der Waals surface area contributed by atoms with Crippen molar-refractivity contribution in [3.63, 3.8) is 0 Å². The molecule has 12 unspecified atom stereocenters. The molecule has 2 heterocycles. The molecule has 2 saturated heterocycles. The maximum absolute atomic E-state index is 13.3. The van der Waals surface area contributed by atoms with Crippen LogP contribution in [0.1, 0.15) is 303 Å². The fraction of sp³-hybridized carbons (Fsp3) is 0.873. The number of aliphatic hydroxyl groups is 8. The number of hydrogen-bond acceptors (Lipinski definition) is 13. The molecule has 2 aliphatic rings. The van der Waals surface area contributed by atoms with Gasteiger partial charge in [0.15, 0.2) is 12.6 Å². The first kappa shape index (κ1) is 79.0. The average Bonchev–Trinajstić information content (AvgIpc) is 3.69. The van der Waals surface area contributed by atoms with Gasteiger partial charge in [-0.3, -0.25) is 4.79 Å². The average molecular weight is 1210 g/mol. The maximum Gasteiger partial charge on any atom is 0.220 e. The molecule has 12 atom stereocenters. The summed E-state index contributed by atoms with van der Waals surface area (Å²) in [5, 5.41) is 87.4. The van der Waals surface area contributed by atoms with Crippen molar-refractivity contribution in [2.75, 3.05) is 19.8 Å². The molecule has 14 nitrogen and oxygen atoms in total. The molecule has 0 aromatic heterocycles. The maximum atomic E-state index is 13.3. The van der Waals surface area contributed by atoms with E-state index in [2.05, 4.69) is 55.6 Å². The highest BCUT2D eigenvalue weighted by Gasteiger charge is 2.51. The van der Waals surface area contributed by atoms with Crippen molar-refractivity contribution in [2.45, 2.75) is 376 Å². The number of ether oxygens (including phenoxy) is 4. The molecular formula is C71H131NO13. The Kier molecular flexibility index (Phi) is 52.1. The van der Waals surface area contributed by atoms with Crippen molar-refractivity contribution in [1.82, 2.24) is 5.32 Å². The first-order valence-electron chi connectivity index (χ1n) is 35.4. The first-order chi connectivity index (χ1) is 41.6. The summed E-state index contributed by atoms with van der Waals surface area (Å²) in [6.07, 6.45) is 56.0. The van der Waals surface area contributed by atoms with E-state index in [1.54, 1.807) is 6.08 Å². The predicted octanol–water partition coefficient (Wildman–Crippen LogP) is 14.3. The van der Waals surface area contributed by atoms with Crippen molar-refractivity contribution in [3.8, 4) is 0 Å². The number of amides is 1. The number of allylic oxidation sites excluding steroid dienone is 7. The van der Waals surface area contributed by atoms with Crippen molar-refractivity contribution < 1.29 is 64.6 Å². The molecule has 1 amide bonds. The molecule has 498 valence electrons. The fourth-order valence-electron chi connectivity index (χ4n) is 11.6. The van der Waals surface area contributed by atoms with Crippen molar-refractivity contribution in [1.29, 1.82) is 0 Å². The van der Waals surface area contributed by atoms with Crippen LogP contribution in [0.2, 0.25) is 0 Å². The van der Waals surface area contributed by atoms with Gasteiger partial charge in [0.1, 0.15) is 48.8 Å². The van der Waals surface area contributed by atoms with Crippen LogP contribution >= 0.6 is 0 Å². The number of aliphatic hydroxyl groups excluding tert-OH is 8. The molecule has 0 aliphatic carbocycles. The second-order valence-electron chi connectivity index (χ2n) is 25.0. The van der Waals surface area contributed by atoms with Gasteiger partial charge in [0, 0.05) is 6.42 Å². The van der Waals surface area contributed by atoms with Gasteiger partial charge in [0.25, 0.3) is 0 Å².